The highest BCUT2D eigenvalue weighted by atomic mass is 32.1. The molecule has 0 atom stereocenters. The van der Waals surface area contributed by atoms with E-state index in [1.54, 1.807) is 12.3 Å². The number of carbonyl (C=O) groups is 1. The number of primary amides is 1. The van der Waals surface area contributed by atoms with Crippen LogP contribution in [-0.4, -0.2) is 33.9 Å². The minimum Gasteiger partial charge on any atom is -0.381 e. The number of H-pyrrole nitrogens is 1. The van der Waals surface area contributed by atoms with Crippen LogP contribution < -0.4 is 11.3 Å². The molecule has 0 bridgehead atoms. The number of thiophene rings is 1. The lowest BCUT2D eigenvalue weighted by Gasteiger charge is -2.23. The molecule has 0 radical (unpaired) electrons. The number of pyridine rings is 1. The molecule has 0 aromatic carbocycles. The molecule has 3 aromatic rings. The van der Waals surface area contributed by atoms with Crippen LogP contribution in [-0.2, 0) is 4.74 Å². The zero-order valence-electron chi connectivity index (χ0n) is 12.8. The van der Waals surface area contributed by atoms with Gasteiger partial charge in [-0.05, 0) is 25.0 Å². The second kappa shape index (κ2) is 5.88. The van der Waals surface area contributed by atoms with Crippen LogP contribution in [0.4, 0.5) is 0 Å². The molecule has 4 rings (SSSR count). The van der Waals surface area contributed by atoms with Crippen LogP contribution in [0.5, 0.6) is 0 Å². The Morgan fingerprint density at radius 1 is 1.42 bits per heavy atom. The first kappa shape index (κ1) is 15.1. The molecule has 124 valence electrons. The molecular weight excluding hydrogens is 328 g/mol. The number of rotatable bonds is 3. The molecule has 1 aliphatic heterocycles. The third-order valence-electron chi connectivity index (χ3n) is 4.28. The number of nitrogens with zero attached hydrogens (tertiary/aromatic N) is 2. The highest BCUT2D eigenvalue weighted by Gasteiger charge is 2.23. The van der Waals surface area contributed by atoms with Gasteiger partial charge in [0.1, 0.15) is 5.69 Å². The van der Waals surface area contributed by atoms with Gasteiger partial charge >= 0.3 is 0 Å². The number of fused-ring (bicyclic) bond motifs is 1. The van der Waals surface area contributed by atoms with Crippen molar-refractivity contribution in [3.8, 4) is 11.3 Å². The molecule has 0 aliphatic carbocycles. The molecule has 7 nitrogen and oxygen atoms in total. The fourth-order valence-electron chi connectivity index (χ4n) is 3.10. The average Bonchev–Trinajstić information content (AvgIpc) is 3.21. The van der Waals surface area contributed by atoms with Crippen molar-refractivity contribution in [2.45, 2.75) is 18.9 Å². The molecule has 0 saturated carbocycles. The minimum absolute atomic E-state index is 0.187. The highest BCUT2D eigenvalue weighted by molar-refractivity contribution is 7.12. The fraction of sp³-hybridized carbons (Fsp3) is 0.312. The first-order valence-electron chi connectivity index (χ1n) is 7.71. The van der Waals surface area contributed by atoms with Crippen LogP contribution in [0, 0.1) is 0 Å². The monoisotopic (exact) mass is 344 g/mol. The van der Waals surface area contributed by atoms with Gasteiger partial charge in [-0.15, -0.1) is 11.3 Å². The Morgan fingerprint density at radius 3 is 2.92 bits per heavy atom. The number of aromatic nitrogens is 3. The summed E-state index contributed by atoms with van der Waals surface area (Å²) in [5, 5.41) is 7.06. The first-order chi connectivity index (χ1) is 11.6. The van der Waals surface area contributed by atoms with Crippen molar-refractivity contribution in [2.24, 2.45) is 5.73 Å². The maximum absolute atomic E-state index is 12.4. The van der Waals surface area contributed by atoms with E-state index < -0.39 is 5.91 Å². The molecular formula is C16H16N4O3S. The summed E-state index contributed by atoms with van der Waals surface area (Å²) < 4.78 is 7.34. The minimum atomic E-state index is -0.478. The van der Waals surface area contributed by atoms with Crippen molar-refractivity contribution in [1.29, 1.82) is 0 Å². The number of hydrogen-bond acceptors (Lipinski definition) is 5. The summed E-state index contributed by atoms with van der Waals surface area (Å²) in [6, 6.07) is 3.76. The summed E-state index contributed by atoms with van der Waals surface area (Å²) in [6.07, 6.45) is 3.35. The van der Waals surface area contributed by atoms with Crippen molar-refractivity contribution in [2.75, 3.05) is 13.2 Å². The largest absolute Gasteiger partial charge is 0.381 e. The van der Waals surface area contributed by atoms with E-state index in [0.717, 1.165) is 23.9 Å². The Hall–Kier alpha value is -2.45. The lowest BCUT2D eigenvalue weighted by atomic mass is 10.1. The number of hydrogen-bond donors (Lipinski definition) is 2. The predicted octanol–water partition coefficient (Wildman–Crippen LogP) is 1.90. The van der Waals surface area contributed by atoms with Gasteiger partial charge in [0.05, 0.1) is 21.8 Å². The predicted molar refractivity (Wildman–Crippen MR) is 91.3 cm³/mol. The maximum atomic E-state index is 12.4. The van der Waals surface area contributed by atoms with Gasteiger partial charge in [0, 0.05) is 30.4 Å². The van der Waals surface area contributed by atoms with Gasteiger partial charge in [-0.2, -0.15) is 5.10 Å². The van der Waals surface area contributed by atoms with Gasteiger partial charge in [0.25, 0.3) is 11.5 Å². The van der Waals surface area contributed by atoms with E-state index in [-0.39, 0.29) is 11.6 Å². The van der Waals surface area contributed by atoms with Gasteiger partial charge in [-0.1, -0.05) is 0 Å². The Balaban J connectivity index is 1.91. The second-order valence-electron chi connectivity index (χ2n) is 5.77. The smallest absolute Gasteiger partial charge is 0.259 e. The molecule has 0 spiro atoms. The van der Waals surface area contributed by atoms with Gasteiger partial charge in [0.15, 0.2) is 0 Å². The third-order valence-corrected chi connectivity index (χ3v) is 5.23. The van der Waals surface area contributed by atoms with E-state index in [1.165, 1.54) is 11.3 Å². The van der Waals surface area contributed by atoms with Crippen LogP contribution in [0.2, 0.25) is 0 Å². The Bertz CT molecular complexity index is 965. The summed E-state index contributed by atoms with van der Waals surface area (Å²) in [4.78, 5) is 26.9. The fourth-order valence-corrected chi connectivity index (χ4v) is 3.84. The number of nitrogens with one attached hydrogen (secondary N) is 1. The Morgan fingerprint density at radius 2 is 2.21 bits per heavy atom. The van der Waals surface area contributed by atoms with Crippen molar-refractivity contribution in [3.63, 3.8) is 0 Å². The summed E-state index contributed by atoms with van der Waals surface area (Å²) in [6.45, 7) is 1.38. The van der Waals surface area contributed by atoms with Crippen LogP contribution in [0.25, 0.3) is 22.2 Å². The summed E-state index contributed by atoms with van der Waals surface area (Å²) in [7, 11) is 0. The van der Waals surface area contributed by atoms with E-state index in [0.29, 0.717) is 29.2 Å². The molecule has 3 N–H and O–H groups in total. The lowest BCUT2D eigenvalue weighted by molar-refractivity contribution is 0.0675. The normalized spacial score (nSPS) is 15.8. The highest BCUT2D eigenvalue weighted by Crippen LogP contribution is 2.32. The molecule has 3 aromatic heterocycles. The molecule has 0 unspecified atom stereocenters. The standard InChI is InChI=1S/C16H16N4O3S/c17-15(21)12-7-9(8-24-12)14-13-11(1-4-18-16(13)22)20(19-14)10-2-5-23-6-3-10/h1,4,7-8,10H,2-3,5-6H2,(H2,17,21)(H,18,22). The molecule has 1 saturated heterocycles. The van der Waals surface area contributed by atoms with E-state index in [4.69, 9.17) is 15.6 Å². The maximum Gasteiger partial charge on any atom is 0.259 e. The molecule has 1 fully saturated rings. The topological polar surface area (TPSA) is 103 Å². The molecule has 24 heavy (non-hydrogen) atoms. The zero-order valence-corrected chi connectivity index (χ0v) is 13.6. The number of aromatic amines is 1. The number of ether oxygens (including phenoxy) is 1. The molecule has 1 amide bonds. The van der Waals surface area contributed by atoms with Crippen LogP contribution >= 0.6 is 11.3 Å². The van der Waals surface area contributed by atoms with Crippen molar-refractivity contribution in [1.82, 2.24) is 14.8 Å². The second-order valence-corrected chi connectivity index (χ2v) is 6.68. The summed E-state index contributed by atoms with van der Waals surface area (Å²) >= 11 is 1.26. The van der Waals surface area contributed by atoms with Gasteiger partial charge in [-0.3, -0.25) is 14.3 Å². The van der Waals surface area contributed by atoms with Crippen molar-refractivity contribution in [3.05, 3.63) is 38.9 Å². The van der Waals surface area contributed by atoms with Crippen molar-refractivity contribution < 1.29 is 9.53 Å². The quantitative estimate of drug-likeness (QED) is 0.757. The van der Waals surface area contributed by atoms with E-state index in [2.05, 4.69) is 4.98 Å². The van der Waals surface area contributed by atoms with Crippen LogP contribution in [0.3, 0.4) is 0 Å². The number of carbonyl (C=O) groups excluding carboxylic acids is 1. The third kappa shape index (κ3) is 2.44. The Kier molecular flexibility index (Phi) is 3.70. The summed E-state index contributed by atoms with van der Waals surface area (Å²) in [5.41, 5.74) is 7.27. The SMILES string of the molecule is NC(=O)c1cc(-c2nn(C3CCOCC3)c3cc[nH]c(=O)c23)cs1. The molecule has 1 aliphatic rings. The molecule has 4 heterocycles. The Labute approximate surface area is 141 Å². The number of nitrogens with two attached hydrogens (primary N) is 1. The van der Waals surface area contributed by atoms with Crippen LogP contribution in [0.15, 0.2) is 28.5 Å². The van der Waals surface area contributed by atoms with E-state index in [1.807, 2.05) is 16.1 Å². The van der Waals surface area contributed by atoms with E-state index in [9.17, 15) is 9.59 Å². The van der Waals surface area contributed by atoms with Gasteiger partial charge in [0.2, 0.25) is 0 Å². The summed E-state index contributed by atoms with van der Waals surface area (Å²) in [5.74, 6) is -0.478. The average molecular weight is 344 g/mol. The molecule has 8 heteroatoms. The van der Waals surface area contributed by atoms with E-state index >= 15 is 0 Å². The van der Waals surface area contributed by atoms with Gasteiger partial charge in [-0.25, -0.2) is 0 Å². The first-order valence-corrected chi connectivity index (χ1v) is 8.59. The van der Waals surface area contributed by atoms with Gasteiger partial charge < -0.3 is 15.5 Å². The van der Waals surface area contributed by atoms with Crippen LogP contribution in [0.1, 0.15) is 28.6 Å². The van der Waals surface area contributed by atoms with Crippen molar-refractivity contribution >= 4 is 28.1 Å². The number of amides is 1. The lowest BCUT2D eigenvalue weighted by Crippen LogP contribution is -2.20. The zero-order chi connectivity index (χ0) is 16.7.